The molecular weight excluding hydrogens is 276 g/mol. The van der Waals surface area contributed by atoms with Crippen molar-refractivity contribution in [2.75, 3.05) is 18.1 Å². The van der Waals surface area contributed by atoms with E-state index in [4.69, 9.17) is 0 Å². The molecule has 0 amide bonds. The lowest BCUT2D eigenvalue weighted by Crippen LogP contribution is -2.24. The number of nitrogens with one attached hydrogen (secondary N) is 1. The van der Waals surface area contributed by atoms with Crippen LogP contribution in [-0.4, -0.2) is 27.2 Å². The maximum absolute atomic E-state index is 11.4. The summed E-state index contributed by atoms with van der Waals surface area (Å²) in [6.45, 7) is 13.6. The van der Waals surface area contributed by atoms with Gasteiger partial charge in [0.2, 0.25) is 0 Å². The summed E-state index contributed by atoms with van der Waals surface area (Å²) in [5.41, 5.74) is 1.23. The minimum Gasteiger partial charge on any atom is -0.308 e. The molecule has 2 atom stereocenters. The molecule has 1 aromatic rings. The van der Waals surface area contributed by atoms with E-state index in [0.29, 0.717) is 0 Å². The van der Waals surface area contributed by atoms with E-state index in [-0.39, 0.29) is 11.5 Å². The molecule has 0 fully saturated rings. The zero-order valence-corrected chi connectivity index (χ0v) is 14.5. The molecule has 0 bridgehead atoms. The SMILES string of the molecule is CCS(=O)CCNC(C)c1sc(C(C)(C)C)nc1C. The van der Waals surface area contributed by atoms with Gasteiger partial charge in [0, 0.05) is 45.2 Å². The van der Waals surface area contributed by atoms with Crippen molar-refractivity contribution in [1.29, 1.82) is 0 Å². The smallest absolute Gasteiger partial charge is 0.0985 e. The highest BCUT2D eigenvalue weighted by atomic mass is 32.2. The number of nitrogens with zero attached hydrogens (tertiary/aromatic N) is 1. The fourth-order valence-corrected chi connectivity index (χ4v) is 3.54. The monoisotopic (exact) mass is 302 g/mol. The van der Waals surface area contributed by atoms with E-state index in [1.165, 1.54) is 9.88 Å². The van der Waals surface area contributed by atoms with Crippen molar-refractivity contribution in [3.63, 3.8) is 0 Å². The van der Waals surface area contributed by atoms with Crippen molar-refractivity contribution in [1.82, 2.24) is 10.3 Å². The molecule has 5 heteroatoms. The Morgan fingerprint density at radius 1 is 1.42 bits per heavy atom. The third kappa shape index (κ3) is 4.97. The second-order valence-corrected chi connectivity index (χ2v) is 8.72. The van der Waals surface area contributed by atoms with Crippen LogP contribution in [0.15, 0.2) is 0 Å². The van der Waals surface area contributed by atoms with Gasteiger partial charge in [0.05, 0.1) is 10.7 Å². The third-order valence-corrected chi connectivity index (χ3v) is 6.04. The molecule has 1 heterocycles. The van der Waals surface area contributed by atoms with Crippen LogP contribution in [0.3, 0.4) is 0 Å². The van der Waals surface area contributed by atoms with E-state index < -0.39 is 10.8 Å². The van der Waals surface area contributed by atoms with E-state index in [1.807, 2.05) is 6.92 Å². The maximum Gasteiger partial charge on any atom is 0.0985 e. The molecule has 19 heavy (non-hydrogen) atoms. The van der Waals surface area contributed by atoms with Gasteiger partial charge in [-0.15, -0.1) is 11.3 Å². The van der Waals surface area contributed by atoms with Gasteiger partial charge in [-0.25, -0.2) is 4.98 Å². The van der Waals surface area contributed by atoms with Crippen molar-refractivity contribution in [3.8, 4) is 0 Å². The Hall–Kier alpha value is -0.260. The van der Waals surface area contributed by atoms with Gasteiger partial charge in [-0.1, -0.05) is 27.7 Å². The lowest BCUT2D eigenvalue weighted by molar-refractivity contribution is 0.583. The van der Waals surface area contributed by atoms with E-state index >= 15 is 0 Å². The van der Waals surface area contributed by atoms with Crippen LogP contribution in [0.1, 0.15) is 56.2 Å². The summed E-state index contributed by atoms with van der Waals surface area (Å²) < 4.78 is 11.4. The summed E-state index contributed by atoms with van der Waals surface area (Å²) >= 11 is 1.79. The average molecular weight is 303 g/mol. The molecule has 110 valence electrons. The van der Waals surface area contributed by atoms with Crippen LogP contribution in [0.25, 0.3) is 0 Å². The van der Waals surface area contributed by atoms with Crippen LogP contribution >= 0.6 is 11.3 Å². The number of aryl methyl sites for hydroxylation is 1. The molecule has 1 N–H and O–H groups in total. The number of hydrogen-bond donors (Lipinski definition) is 1. The lowest BCUT2D eigenvalue weighted by atomic mass is 9.98. The molecule has 0 aliphatic carbocycles. The quantitative estimate of drug-likeness (QED) is 0.877. The molecule has 2 unspecified atom stereocenters. The maximum atomic E-state index is 11.4. The van der Waals surface area contributed by atoms with Crippen LogP contribution in [-0.2, 0) is 16.2 Å². The molecular formula is C14H26N2OS2. The van der Waals surface area contributed by atoms with Gasteiger partial charge in [0.15, 0.2) is 0 Å². The van der Waals surface area contributed by atoms with Crippen molar-refractivity contribution >= 4 is 22.1 Å². The fourth-order valence-electron chi connectivity index (χ4n) is 1.76. The Labute approximate surface area is 123 Å². The Bertz CT molecular complexity index is 435. The Balaban J connectivity index is 2.64. The van der Waals surface area contributed by atoms with Crippen LogP contribution in [0.2, 0.25) is 0 Å². The van der Waals surface area contributed by atoms with Crippen LogP contribution in [0, 0.1) is 6.92 Å². The molecule has 0 spiro atoms. The summed E-state index contributed by atoms with van der Waals surface area (Å²) in [6.07, 6.45) is 0. The molecule has 0 aliphatic rings. The molecule has 1 aromatic heterocycles. The van der Waals surface area contributed by atoms with E-state index in [1.54, 1.807) is 11.3 Å². The highest BCUT2D eigenvalue weighted by molar-refractivity contribution is 7.84. The Kier molecular flexibility index (Phi) is 6.15. The second-order valence-electron chi connectivity index (χ2n) is 5.83. The first-order valence-corrected chi connectivity index (χ1v) is 9.12. The van der Waals surface area contributed by atoms with E-state index in [9.17, 15) is 4.21 Å². The minimum atomic E-state index is -0.689. The predicted molar refractivity (Wildman–Crippen MR) is 85.5 cm³/mol. The van der Waals surface area contributed by atoms with Crippen LogP contribution in [0.4, 0.5) is 0 Å². The lowest BCUT2D eigenvalue weighted by Gasteiger charge is -2.14. The summed E-state index contributed by atoms with van der Waals surface area (Å²) in [6, 6.07) is 0.280. The van der Waals surface area contributed by atoms with Gasteiger partial charge in [-0.2, -0.15) is 0 Å². The zero-order chi connectivity index (χ0) is 14.6. The highest BCUT2D eigenvalue weighted by Crippen LogP contribution is 2.32. The molecule has 1 rings (SSSR count). The average Bonchev–Trinajstić information content (AvgIpc) is 2.70. The zero-order valence-electron chi connectivity index (χ0n) is 12.9. The predicted octanol–water partition coefficient (Wildman–Crippen LogP) is 3.17. The van der Waals surface area contributed by atoms with Gasteiger partial charge in [-0.3, -0.25) is 4.21 Å². The Morgan fingerprint density at radius 3 is 2.53 bits per heavy atom. The summed E-state index contributed by atoms with van der Waals surface area (Å²) in [7, 11) is -0.689. The van der Waals surface area contributed by atoms with E-state index in [2.05, 4.69) is 44.9 Å². The van der Waals surface area contributed by atoms with Crippen molar-refractivity contribution < 1.29 is 4.21 Å². The second kappa shape index (κ2) is 6.95. The number of aromatic nitrogens is 1. The molecule has 0 saturated carbocycles. The molecule has 0 radical (unpaired) electrons. The van der Waals surface area contributed by atoms with Crippen LogP contribution in [0.5, 0.6) is 0 Å². The van der Waals surface area contributed by atoms with Gasteiger partial charge >= 0.3 is 0 Å². The number of thiazole rings is 1. The largest absolute Gasteiger partial charge is 0.308 e. The first kappa shape index (κ1) is 16.8. The minimum absolute atomic E-state index is 0.108. The number of rotatable bonds is 6. The van der Waals surface area contributed by atoms with E-state index in [0.717, 1.165) is 23.7 Å². The molecule has 0 aromatic carbocycles. The van der Waals surface area contributed by atoms with Gasteiger partial charge < -0.3 is 5.32 Å². The van der Waals surface area contributed by atoms with Crippen molar-refractivity contribution in [3.05, 3.63) is 15.6 Å². The molecule has 0 saturated heterocycles. The molecule has 0 aliphatic heterocycles. The van der Waals surface area contributed by atoms with Crippen molar-refractivity contribution in [2.45, 2.75) is 53.0 Å². The topological polar surface area (TPSA) is 42.0 Å². The number of hydrogen-bond acceptors (Lipinski definition) is 4. The summed E-state index contributed by atoms with van der Waals surface area (Å²) in [5.74, 6) is 1.47. The highest BCUT2D eigenvalue weighted by Gasteiger charge is 2.22. The third-order valence-electron chi connectivity index (χ3n) is 2.97. The normalized spacial score (nSPS) is 15.5. The summed E-state index contributed by atoms with van der Waals surface area (Å²) in [5, 5.41) is 4.63. The van der Waals surface area contributed by atoms with Gasteiger partial charge in [-0.05, 0) is 13.8 Å². The fraction of sp³-hybridized carbons (Fsp3) is 0.786. The first-order valence-electron chi connectivity index (χ1n) is 6.81. The standard InChI is InChI=1S/C14H26N2OS2/c1-7-19(17)9-8-15-10(2)12-11(3)16-13(18-12)14(4,5)6/h10,15H,7-9H2,1-6H3. The summed E-state index contributed by atoms with van der Waals surface area (Å²) in [4.78, 5) is 5.98. The van der Waals surface area contributed by atoms with Gasteiger partial charge in [0.1, 0.15) is 0 Å². The van der Waals surface area contributed by atoms with Crippen molar-refractivity contribution in [2.24, 2.45) is 0 Å². The Morgan fingerprint density at radius 2 is 2.05 bits per heavy atom. The van der Waals surface area contributed by atoms with Crippen LogP contribution < -0.4 is 5.32 Å². The first-order chi connectivity index (χ1) is 8.75. The molecule has 3 nitrogen and oxygen atoms in total. The van der Waals surface area contributed by atoms with Gasteiger partial charge in [0.25, 0.3) is 0 Å².